The normalized spacial score (nSPS) is 11.0. The number of rotatable bonds is 2. The Morgan fingerprint density at radius 3 is 2.50 bits per heavy atom. The molecule has 0 fully saturated rings. The van der Waals surface area contributed by atoms with Crippen LogP contribution < -0.4 is 11.3 Å². The molecule has 1 aromatic heterocycles. The van der Waals surface area contributed by atoms with Crippen LogP contribution in [-0.4, -0.2) is 4.98 Å². The first-order valence-corrected chi connectivity index (χ1v) is 6.57. The zero-order valence-corrected chi connectivity index (χ0v) is 12.2. The number of nitrogens with one attached hydrogen (secondary N) is 1. The highest BCUT2D eigenvalue weighted by Gasteiger charge is 2.17. The predicted octanol–water partition coefficient (Wildman–Crippen LogP) is 4.35. The molecule has 2 rings (SSSR count). The number of aryl methyl sites for hydroxylation is 1. The van der Waals surface area contributed by atoms with Gasteiger partial charge in [0.05, 0.1) is 26.3 Å². The summed E-state index contributed by atoms with van der Waals surface area (Å²) < 4.78 is 0. The van der Waals surface area contributed by atoms with E-state index in [9.17, 15) is 0 Å². The maximum absolute atomic E-state index is 6.24. The zero-order chi connectivity index (χ0) is 13.4. The minimum atomic E-state index is 0.387. The average molecular weight is 305 g/mol. The van der Waals surface area contributed by atoms with Crippen molar-refractivity contribution in [3.63, 3.8) is 0 Å². The summed E-state index contributed by atoms with van der Waals surface area (Å²) in [4.78, 5) is 4.49. The van der Waals surface area contributed by atoms with Crippen molar-refractivity contribution in [2.45, 2.75) is 20.3 Å². The number of fused-ring (bicyclic) bond motifs is 1. The molecule has 0 saturated carbocycles. The third-order valence-electron chi connectivity index (χ3n) is 2.91. The SMILES string of the molecule is CCc1c(C)nc2c(Cl)cc(Cl)c(Cl)c2c1NN. The molecular formula is C12H12Cl3N3. The van der Waals surface area contributed by atoms with Crippen molar-refractivity contribution in [1.29, 1.82) is 0 Å². The van der Waals surface area contributed by atoms with Crippen molar-refractivity contribution < 1.29 is 0 Å². The number of halogens is 3. The number of nitrogen functional groups attached to an aromatic ring is 1. The van der Waals surface area contributed by atoms with E-state index in [0.29, 0.717) is 26.0 Å². The summed E-state index contributed by atoms with van der Waals surface area (Å²) in [5, 5.41) is 1.92. The molecule has 0 spiro atoms. The van der Waals surface area contributed by atoms with Gasteiger partial charge in [0.15, 0.2) is 0 Å². The molecule has 0 aliphatic rings. The average Bonchev–Trinajstić information content (AvgIpc) is 2.34. The molecule has 0 bridgehead atoms. The fourth-order valence-electron chi connectivity index (χ4n) is 2.08. The second kappa shape index (κ2) is 5.10. The lowest BCUT2D eigenvalue weighted by atomic mass is 10.0. The lowest BCUT2D eigenvalue weighted by Gasteiger charge is -2.16. The lowest BCUT2D eigenvalue weighted by molar-refractivity contribution is 1.06. The van der Waals surface area contributed by atoms with Crippen molar-refractivity contribution in [1.82, 2.24) is 4.98 Å². The number of hydrazine groups is 1. The summed E-state index contributed by atoms with van der Waals surface area (Å²) in [7, 11) is 0. The molecule has 2 aromatic rings. The number of anilines is 1. The Morgan fingerprint density at radius 1 is 1.28 bits per heavy atom. The summed E-state index contributed by atoms with van der Waals surface area (Å²) in [6.07, 6.45) is 0.786. The van der Waals surface area contributed by atoms with Gasteiger partial charge in [0.25, 0.3) is 0 Å². The van der Waals surface area contributed by atoms with Gasteiger partial charge in [-0.05, 0) is 25.0 Å². The van der Waals surface area contributed by atoms with Gasteiger partial charge in [-0.15, -0.1) is 0 Å². The van der Waals surface area contributed by atoms with E-state index in [4.69, 9.17) is 40.6 Å². The van der Waals surface area contributed by atoms with Crippen LogP contribution in [-0.2, 0) is 6.42 Å². The summed E-state index contributed by atoms with van der Waals surface area (Å²) in [5.41, 5.74) is 5.90. The molecule has 96 valence electrons. The molecule has 0 radical (unpaired) electrons. The topological polar surface area (TPSA) is 50.9 Å². The predicted molar refractivity (Wildman–Crippen MR) is 78.7 cm³/mol. The fraction of sp³-hybridized carbons (Fsp3) is 0.250. The number of benzene rings is 1. The van der Waals surface area contributed by atoms with Gasteiger partial charge >= 0.3 is 0 Å². The van der Waals surface area contributed by atoms with Crippen LogP contribution in [0.5, 0.6) is 0 Å². The zero-order valence-electron chi connectivity index (χ0n) is 9.94. The Bertz CT molecular complexity index is 626. The van der Waals surface area contributed by atoms with Gasteiger partial charge in [-0.3, -0.25) is 10.8 Å². The van der Waals surface area contributed by atoms with Crippen molar-refractivity contribution in [2.24, 2.45) is 5.84 Å². The first-order valence-electron chi connectivity index (χ1n) is 5.44. The Labute approximate surface area is 120 Å². The molecule has 6 heteroatoms. The Balaban J connectivity index is 3.03. The van der Waals surface area contributed by atoms with E-state index in [1.807, 2.05) is 13.8 Å². The molecule has 3 nitrogen and oxygen atoms in total. The molecule has 0 atom stereocenters. The van der Waals surface area contributed by atoms with E-state index in [1.165, 1.54) is 0 Å². The maximum atomic E-state index is 6.24. The van der Waals surface area contributed by atoms with Crippen LogP contribution in [0.1, 0.15) is 18.2 Å². The van der Waals surface area contributed by atoms with Crippen LogP contribution in [0.25, 0.3) is 10.9 Å². The van der Waals surface area contributed by atoms with Crippen molar-refractivity contribution in [3.8, 4) is 0 Å². The van der Waals surface area contributed by atoms with E-state index in [1.54, 1.807) is 6.07 Å². The molecule has 18 heavy (non-hydrogen) atoms. The molecule has 0 unspecified atom stereocenters. The molecule has 1 heterocycles. The highest BCUT2D eigenvalue weighted by atomic mass is 35.5. The number of hydrogen-bond acceptors (Lipinski definition) is 3. The Morgan fingerprint density at radius 2 is 1.94 bits per heavy atom. The van der Waals surface area contributed by atoms with Gasteiger partial charge in [0, 0.05) is 11.1 Å². The van der Waals surface area contributed by atoms with Gasteiger partial charge < -0.3 is 5.43 Å². The Kier molecular flexibility index (Phi) is 3.87. The van der Waals surface area contributed by atoms with Gasteiger partial charge in [0.2, 0.25) is 0 Å². The monoisotopic (exact) mass is 303 g/mol. The van der Waals surface area contributed by atoms with E-state index < -0.39 is 0 Å². The van der Waals surface area contributed by atoms with Gasteiger partial charge in [-0.2, -0.15) is 0 Å². The third kappa shape index (κ3) is 2.01. The maximum Gasteiger partial charge on any atom is 0.0928 e. The first kappa shape index (κ1) is 13.7. The second-order valence-electron chi connectivity index (χ2n) is 3.93. The largest absolute Gasteiger partial charge is 0.323 e. The smallest absolute Gasteiger partial charge is 0.0928 e. The first-order chi connectivity index (χ1) is 8.51. The highest BCUT2D eigenvalue weighted by Crippen LogP contribution is 2.40. The molecule has 0 aliphatic heterocycles. The van der Waals surface area contributed by atoms with Crippen LogP contribution in [0.4, 0.5) is 5.69 Å². The minimum Gasteiger partial charge on any atom is -0.323 e. The van der Waals surface area contributed by atoms with Crippen LogP contribution in [0.15, 0.2) is 6.07 Å². The lowest BCUT2D eigenvalue weighted by Crippen LogP contribution is -2.12. The standard InChI is InChI=1S/C12H12Cl3N3/c1-3-6-5(2)17-12-8(14)4-7(13)10(15)9(12)11(6)18-16/h4H,3,16H2,1-2H3,(H,17,18). The number of hydrogen-bond donors (Lipinski definition) is 2. The van der Waals surface area contributed by atoms with E-state index in [2.05, 4.69) is 10.4 Å². The van der Waals surface area contributed by atoms with Gasteiger partial charge in [-0.1, -0.05) is 41.7 Å². The molecular weight excluding hydrogens is 293 g/mol. The number of nitrogens with zero attached hydrogens (tertiary/aromatic N) is 1. The van der Waals surface area contributed by atoms with Gasteiger partial charge in [0.1, 0.15) is 0 Å². The minimum absolute atomic E-state index is 0.387. The third-order valence-corrected chi connectivity index (χ3v) is 3.99. The van der Waals surface area contributed by atoms with E-state index >= 15 is 0 Å². The van der Waals surface area contributed by atoms with E-state index in [0.717, 1.165) is 23.4 Å². The second-order valence-corrected chi connectivity index (χ2v) is 5.12. The molecule has 0 aliphatic carbocycles. The van der Waals surface area contributed by atoms with Crippen LogP contribution in [0.3, 0.4) is 0 Å². The van der Waals surface area contributed by atoms with Crippen LogP contribution >= 0.6 is 34.8 Å². The van der Waals surface area contributed by atoms with E-state index in [-0.39, 0.29) is 0 Å². The molecule has 1 aromatic carbocycles. The van der Waals surface area contributed by atoms with Crippen LogP contribution in [0.2, 0.25) is 15.1 Å². The number of aromatic nitrogens is 1. The van der Waals surface area contributed by atoms with Crippen molar-refractivity contribution in [3.05, 3.63) is 32.4 Å². The van der Waals surface area contributed by atoms with Crippen molar-refractivity contribution in [2.75, 3.05) is 5.43 Å². The summed E-state index contributed by atoms with van der Waals surface area (Å²) >= 11 is 18.4. The van der Waals surface area contributed by atoms with Gasteiger partial charge in [-0.25, -0.2) is 0 Å². The fourth-order valence-corrected chi connectivity index (χ4v) is 2.83. The van der Waals surface area contributed by atoms with Crippen LogP contribution in [0, 0.1) is 6.92 Å². The highest BCUT2D eigenvalue weighted by molar-refractivity contribution is 6.48. The summed E-state index contributed by atoms with van der Waals surface area (Å²) in [6.45, 7) is 3.94. The van der Waals surface area contributed by atoms with Crippen molar-refractivity contribution >= 4 is 51.4 Å². The quantitative estimate of drug-likeness (QED) is 0.492. The summed E-state index contributed by atoms with van der Waals surface area (Å²) in [5.74, 6) is 5.61. The Hall–Kier alpha value is -0.740. The number of nitrogens with two attached hydrogens (primary N) is 1. The molecule has 0 saturated heterocycles. The molecule has 0 amide bonds. The number of pyridine rings is 1. The molecule has 3 N–H and O–H groups in total. The summed E-state index contributed by atoms with van der Waals surface area (Å²) in [6, 6.07) is 1.59.